The van der Waals surface area contributed by atoms with Crippen molar-refractivity contribution in [3.05, 3.63) is 36.3 Å². The van der Waals surface area contributed by atoms with Gasteiger partial charge in [0.2, 0.25) is 0 Å². The van der Waals surface area contributed by atoms with Crippen LogP contribution in [0, 0.1) is 6.92 Å². The fourth-order valence-corrected chi connectivity index (χ4v) is 2.88. The predicted octanol–water partition coefficient (Wildman–Crippen LogP) is 3.01. The standard InChI is InChI=1S/C13H10N6S/c1-7-11-10(20-19-7)5-8(6-15-11)16-13-12-9(17-18-13)3-2-4-14-12/h2-6H,1H3,(H2,16,17,18). The molecule has 0 aromatic carbocycles. The Morgan fingerprint density at radius 1 is 1.25 bits per heavy atom. The first-order chi connectivity index (χ1) is 9.81. The van der Waals surface area contributed by atoms with Crippen LogP contribution in [0.15, 0.2) is 30.6 Å². The van der Waals surface area contributed by atoms with Gasteiger partial charge in [-0.2, -0.15) is 9.47 Å². The van der Waals surface area contributed by atoms with E-state index in [9.17, 15) is 0 Å². The zero-order valence-electron chi connectivity index (χ0n) is 10.6. The summed E-state index contributed by atoms with van der Waals surface area (Å²) in [5.74, 6) is 0.697. The summed E-state index contributed by atoms with van der Waals surface area (Å²) in [7, 11) is 0. The van der Waals surface area contributed by atoms with Crippen molar-refractivity contribution in [3.8, 4) is 0 Å². The Hall–Kier alpha value is -2.54. The van der Waals surface area contributed by atoms with Gasteiger partial charge in [0.15, 0.2) is 5.82 Å². The molecule has 7 heteroatoms. The summed E-state index contributed by atoms with van der Waals surface area (Å²) < 4.78 is 5.36. The molecule has 0 atom stereocenters. The number of fused-ring (bicyclic) bond motifs is 2. The van der Waals surface area contributed by atoms with E-state index in [0.29, 0.717) is 5.82 Å². The van der Waals surface area contributed by atoms with Gasteiger partial charge in [0.25, 0.3) is 0 Å². The molecule has 0 aliphatic heterocycles. The van der Waals surface area contributed by atoms with Crippen LogP contribution in [-0.2, 0) is 0 Å². The first kappa shape index (κ1) is 11.3. The zero-order chi connectivity index (χ0) is 13.5. The van der Waals surface area contributed by atoms with Crippen molar-refractivity contribution in [2.45, 2.75) is 6.92 Å². The van der Waals surface area contributed by atoms with E-state index in [2.05, 4.69) is 29.9 Å². The van der Waals surface area contributed by atoms with Crippen molar-refractivity contribution in [1.82, 2.24) is 24.5 Å². The molecule has 0 amide bonds. The molecule has 0 fully saturated rings. The van der Waals surface area contributed by atoms with Gasteiger partial charge in [-0.25, -0.2) is 0 Å². The highest BCUT2D eigenvalue weighted by atomic mass is 32.1. The van der Waals surface area contributed by atoms with Crippen LogP contribution >= 0.6 is 11.5 Å². The number of aromatic amines is 1. The molecule has 0 spiro atoms. The fraction of sp³-hybridized carbons (Fsp3) is 0.0769. The molecular formula is C13H10N6S. The Labute approximate surface area is 118 Å². The third kappa shape index (κ3) is 1.71. The highest BCUT2D eigenvalue weighted by Gasteiger charge is 2.08. The molecule has 98 valence electrons. The van der Waals surface area contributed by atoms with Crippen molar-refractivity contribution in [1.29, 1.82) is 0 Å². The second-order valence-corrected chi connectivity index (χ2v) is 5.24. The summed E-state index contributed by atoms with van der Waals surface area (Å²) in [5.41, 5.74) is 4.50. The summed E-state index contributed by atoms with van der Waals surface area (Å²) in [6.45, 7) is 1.96. The van der Waals surface area contributed by atoms with E-state index in [0.717, 1.165) is 32.6 Å². The summed E-state index contributed by atoms with van der Waals surface area (Å²) in [6, 6.07) is 5.84. The minimum absolute atomic E-state index is 0.697. The molecule has 0 aliphatic carbocycles. The van der Waals surface area contributed by atoms with Gasteiger partial charge in [-0.1, -0.05) is 0 Å². The van der Waals surface area contributed by atoms with Crippen LogP contribution in [0.5, 0.6) is 0 Å². The lowest BCUT2D eigenvalue weighted by molar-refractivity contribution is 1.12. The van der Waals surface area contributed by atoms with Crippen molar-refractivity contribution in [2.75, 3.05) is 5.32 Å². The summed E-state index contributed by atoms with van der Waals surface area (Å²) in [4.78, 5) is 8.75. The summed E-state index contributed by atoms with van der Waals surface area (Å²) >= 11 is 1.45. The van der Waals surface area contributed by atoms with Crippen LogP contribution in [0.25, 0.3) is 21.3 Å². The van der Waals surface area contributed by atoms with E-state index in [-0.39, 0.29) is 0 Å². The van der Waals surface area contributed by atoms with Crippen LogP contribution in [-0.4, -0.2) is 24.5 Å². The van der Waals surface area contributed by atoms with Gasteiger partial charge in [-0.15, -0.1) is 0 Å². The molecule has 4 aromatic rings. The monoisotopic (exact) mass is 282 g/mol. The fourth-order valence-electron chi connectivity index (χ4n) is 2.09. The Kier molecular flexibility index (Phi) is 2.40. The number of rotatable bonds is 2. The van der Waals surface area contributed by atoms with Crippen LogP contribution in [0.3, 0.4) is 0 Å². The number of aromatic nitrogens is 5. The van der Waals surface area contributed by atoms with Crippen LogP contribution in [0.2, 0.25) is 0 Å². The maximum Gasteiger partial charge on any atom is 0.178 e. The molecule has 6 nitrogen and oxygen atoms in total. The van der Waals surface area contributed by atoms with E-state index in [1.54, 1.807) is 12.4 Å². The Morgan fingerprint density at radius 2 is 2.20 bits per heavy atom. The Bertz CT molecular complexity index is 909. The van der Waals surface area contributed by atoms with Crippen LogP contribution in [0.4, 0.5) is 11.5 Å². The maximum absolute atomic E-state index is 4.43. The molecule has 4 heterocycles. The lowest BCUT2D eigenvalue weighted by atomic mass is 10.3. The van der Waals surface area contributed by atoms with Gasteiger partial charge in [0.05, 0.1) is 27.8 Å². The van der Waals surface area contributed by atoms with E-state index in [1.807, 2.05) is 25.1 Å². The molecule has 20 heavy (non-hydrogen) atoms. The normalized spacial score (nSPS) is 11.2. The van der Waals surface area contributed by atoms with Crippen LogP contribution in [0.1, 0.15) is 5.69 Å². The molecule has 0 aliphatic rings. The van der Waals surface area contributed by atoms with E-state index in [1.165, 1.54) is 11.5 Å². The third-order valence-electron chi connectivity index (χ3n) is 3.06. The number of anilines is 2. The Morgan fingerprint density at radius 3 is 3.15 bits per heavy atom. The highest BCUT2D eigenvalue weighted by molar-refractivity contribution is 7.13. The average Bonchev–Trinajstić information content (AvgIpc) is 3.04. The molecule has 0 radical (unpaired) electrons. The van der Waals surface area contributed by atoms with Gasteiger partial charge in [0.1, 0.15) is 11.0 Å². The van der Waals surface area contributed by atoms with Crippen molar-refractivity contribution in [3.63, 3.8) is 0 Å². The molecule has 0 saturated heterocycles. The highest BCUT2D eigenvalue weighted by Crippen LogP contribution is 2.26. The van der Waals surface area contributed by atoms with E-state index in [4.69, 9.17) is 0 Å². The molecule has 2 N–H and O–H groups in total. The zero-order valence-corrected chi connectivity index (χ0v) is 11.4. The van der Waals surface area contributed by atoms with Gasteiger partial charge in [-0.3, -0.25) is 15.1 Å². The van der Waals surface area contributed by atoms with E-state index < -0.39 is 0 Å². The second kappa shape index (κ2) is 4.24. The number of hydrogen-bond acceptors (Lipinski definition) is 6. The molecule has 4 aromatic heterocycles. The number of H-pyrrole nitrogens is 1. The molecule has 0 unspecified atom stereocenters. The minimum atomic E-state index is 0.697. The molecule has 4 rings (SSSR count). The van der Waals surface area contributed by atoms with Crippen molar-refractivity contribution in [2.24, 2.45) is 0 Å². The largest absolute Gasteiger partial charge is 0.336 e. The third-order valence-corrected chi connectivity index (χ3v) is 3.93. The molecular weight excluding hydrogens is 272 g/mol. The second-order valence-electron chi connectivity index (χ2n) is 4.44. The minimum Gasteiger partial charge on any atom is -0.336 e. The van der Waals surface area contributed by atoms with Crippen molar-refractivity contribution >= 4 is 44.3 Å². The first-order valence-electron chi connectivity index (χ1n) is 6.09. The average molecular weight is 282 g/mol. The SMILES string of the molecule is Cc1nsc2cc(Nc3n[nH]c4cccnc34)cnc12. The smallest absolute Gasteiger partial charge is 0.178 e. The molecule has 0 bridgehead atoms. The van der Waals surface area contributed by atoms with E-state index >= 15 is 0 Å². The lowest BCUT2D eigenvalue weighted by Gasteiger charge is -2.02. The summed E-state index contributed by atoms with van der Waals surface area (Å²) in [5, 5.41) is 10.4. The lowest BCUT2D eigenvalue weighted by Crippen LogP contribution is -1.92. The number of aryl methyl sites for hydroxylation is 1. The maximum atomic E-state index is 4.43. The van der Waals surface area contributed by atoms with Gasteiger partial charge >= 0.3 is 0 Å². The van der Waals surface area contributed by atoms with Crippen LogP contribution < -0.4 is 5.32 Å². The summed E-state index contributed by atoms with van der Waals surface area (Å²) in [6.07, 6.45) is 3.53. The van der Waals surface area contributed by atoms with Gasteiger partial charge in [-0.05, 0) is 36.7 Å². The quantitative estimate of drug-likeness (QED) is 0.591. The number of hydrogen-bond donors (Lipinski definition) is 2. The van der Waals surface area contributed by atoms with Crippen molar-refractivity contribution < 1.29 is 0 Å². The number of pyridine rings is 2. The topological polar surface area (TPSA) is 79.4 Å². The van der Waals surface area contributed by atoms with Gasteiger partial charge in [0, 0.05) is 6.20 Å². The Balaban J connectivity index is 1.76. The number of nitrogens with one attached hydrogen (secondary N) is 2. The number of nitrogens with zero attached hydrogens (tertiary/aromatic N) is 4. The molecule has 0 saturated carbocycles. The first-order valence-corrected chi connectivity index (χ1v) is 6.87. The predicted molar refractivity (Wildman–Crippen MR) is 79.3 cm³/mol. The van der Waals surface area contributed by atoms with Gasteiger partial charge < -0.3 is 5.32 Å².